The second-order valence-electron chi connectivity index (χ2n) is 6.85. The van der Waals surface area contributed by atoms with E-state index in [-0.39, 0.29) is 11.8 Å². The number of benzene rings is 1. The predicted octanol–water partition coefficient (Wildman–Crippen LogP) is 1.58. The molecule has 1 atom stereocenters. The van der Waals surface area contributed by atoms with Crippen LogP contribution >= 0.6 is 0 Å². The standard InChI is InChI=1S/C19H27N3O2/c23-18-3-1-11-22(18)12-2-9-21-19(24)17-6-4-15(5-7-17)13-16-8-10-20-14-16/h4-7,16,20H,1-3,8-14H2,(H,21,24). The fraction of sp³-hybridized carbons (Fsp3) is 0.579. The number of carbonyl (C=O) groups is 2. The maximum absolute atomic E-state index is 12.2. The third kappa shape index (κ3) is 4.57. The lowest BCUT2D eigenvalue weighted by Gasteiger charge is -2.15. The second-order valence-corrected chi connectivity index (χ2v) is 6.85. The zero-order valence-electron chi connectivity index (χ0n) is 14.2. The quantitative estimate of drug-likeness (QED) is 0.747. The van der Waals surface area contributed by atoms with Crippen LogP contribution in [0.2, 0.25) is 0 Å². The van der Waals surface area contributed by atoms with E-state index in [1.807, 2.05) is 17.0 Å². The lowest BCUT2D eigenvalue weighted by atomic mass is 9.98. The topological polar surface area (TPSA) is 61.4 Å². The summed E-state index contributed by atoms with van der Waals surface area (Å²) in [6, 6.07) is 7.96. The Hall–Kier alpha value is -1.88. The van der Waals surface area contributed by atoms with E-state index >= 15 is 0 Å². The Morgan fingerprint density at radius 3 is 2.79 bits per heavy atom. The number of likely N-dealkylation sites (tertiary alicyclic amines) is 1. The van der Waals surface area contributed by atoms with E-state index in [9.17, 15) is 9.59 Å². The average Bonchev–Trinajstić information content (AvgIpc) is 3.24. The van der Waals surface area contributed by atoms with Gasteiger partial charge in [0.15, 0.2) is 0 Å². The molecule has 2 aliphatic heterocycles. The third-order valence-electron chi connectivity index (χ3n) is 4.96. The van der Waals surface area contributed by atoms with E-state index in [2.05, 4.69) is 22.8 Å². The van der Waals surface area contributed by atoms with E-state index < -0.39 is 0 Å². The Morgan fingerprint density at radius 1 is 1.29 bits per heavy atom. The summed E-state index contributed by atoms with van der Waals surface area (Å²) in [6.45, 7) is 4.44. The minimum atomic E-state index is -0.0307. The molecule has 0 spiro atoms. The fourth-order valence-corrected chi connectivity index (χ4v) is 3.53. The van der Waals surface area contributed by atoms with Crippen molar-refractivity contribution >= 4 is 11.8 Å². The van der Waals surface area contributed by atoms with Gasteiger partial charge in [0.05, 0.1) is 0 Å². The van der Waals surface area contributed by atoms with Crippen LogP contribution in [-0.2, 0) is 11.2 Å². The number of rotatable bonds is 7. The smallest absolute Gasteiger partial charge is 0.251 e. The maximum atomic E-state index is 12.2. The van der Waals surface area contributed by atoms with Crippen LogP contribution < -0.4 is 10.6 Å². The molecule has 2 saturated heterocycles. The van der Waals surface area contributed by atoms with Crippen molar-refractivity contribution in [3.8, 4) is 0 Å². The molecule has 2 fully saturated rings. The van der Waals surface area contributed by atoms with Gasteiger partial charge in [0.25, 0.3) is 5.91 Å². The Morgan fingerprint density at radius 2 is 2.12 bits per heavy atom. The molecule has 0 aliphatic carbocycles. The van der Waals surface area contributed by atoms with Crippen molar-refractivity contribution in [1.82, 2.24) is 15.5 Å². The summed E-state index contributed by atoms with van der Waals surface area (Å²) in [4.78, 5) is 25.6. The molecular weight excluding hydrogens is 302 g/mol. The number of amides is 2. The molecular formula is C19H27N3O2. The highest BCUT2D eigenvalue weighted by molar-refractivity contribution is 5.94. The summed E-state index contributed by atoms with van der Waals surface area (Å²) in [5, 5.41) is 6.33. The van der Waals surface area contributed by atoms with Gasteiger partial charge in [-0.15, -0.1) is 0 Å². The largest absolute Gasteiger partial charge is 0.352 e. The SMILES string of the molecule is O=C(NCCCN1CCCC1=O)c1ccc(CC2CCNC2)cc1. The Labute approximate surface area is 143 Å². The molecule has 0 saturated carbocycles. The Balaban J connectivity index is 1.39. The van der Waals surface area contributed by atoms with E-state index in [0.717, 1.165) is 51.4 Å². The maximum Gasteiger partial charge on any atom is 0.251 e. The van der Waals surface area contributed by atoms with Crippen molar-refractivity contribution < 1.29 is 9.59 Å². The van der Waals surface area contributed by atoms with Gasteiger partial charge in [0.2, 0.25) is 5.91 Å². The monoisotopic (exact) mass is 329 g/mol. The van der Waals surface area contributed by atoms with Gasteiger partial charge in [-0.3, -0.25) is 9.59 Å². The molecule has 2 amide bonds. The summed E-state index contributed by atoms with van der Waals surface area (Å²) >= 11 is 0. The minimum Gasteiger partial charge on any atom is -0.352 e. The summed E-state index contributed by atoms with van der Waals surface area (Å²) in [6.07, 6.45) is 4.77. The molecule has 0 bridgehead atoms. The third-order valence-corrected chi connectivity index (χ3v) is 4.96. The molecule has 5 heteroatoms. The molecule has 2 N–H and O–H groups in total. The molecule has 1 unspecified atom stereocenters. The first-order valence-corrected chi connectivity index (χ1v) is 9.08. The second kappa shape index (κ2) is 8.29. The average molecular weight is 329 g/mol. The molecule has 130 valence electrons. The van der Waals surface area contributed by atoms with E-state index in [0.29, 0.717) is 18.5 Å². The molecule has 3 rings (SSSR count). The molecule has 1 aromatic carbocycles. The summed E-state index contributed by atoms with van der Waals surface area (Å²) < 4.78 is 0. The van der Waals surface area contributed by atoms with Crippen LogP contribution in [0.4, 0.5) is 0 Å². The van der Waals surface area contributed by atoms with Gasteiger partial charge in [0, 0.05) is 31.6 Å². The Bertz CT molecular complexity index is 564. The first kappa shape index (κ1) is 17.0. The minimum absolute atomic E-state index is 0.0307. The van der Waals surface area contributed by atoms with Gasteiger partial charge in [-0.2, -0.15) is 0 Å². The molecule has 2 aliphatic rings. The van der Waals surface area contributed by atoms with Gasteiger partial charge in [-0.25, -0.2) is 0 Å². The van der Waals surface area contributed by atoms with Crippen LogP contribution in [0, 0.1) is 5.92 Å². The number of hydrogen-bond donors (Lipinski definition) is 2. The molecule has 0 radical (unpaired) electrons. The van der Waals surface area contributed by atoms with E-state index in [1.165, 1.54) is 12.0 Å². The van der Waals surface area contributed by atoms with Crippen molar-refractivity contribution in [3.05, 3.63) is 35.4 Å². The predicted molar refractivity (Wildman–Crippen MR) is 93.9 cm³/mol. The van der Waals surface area contributed by atoms with Crippen LogP contribution in [0.15, 0.2) is 24.3 Å². The first-order chi connectivity index (χ1) is 11.7. The zero-order valence-corrected chi connectivity index (χ0v) is 14.2. The van der Waals surface area contributed by atoms with Gasteiger partial charge in [0.1, 0.15) is 0 Å². The molecule has 2 heterocycles. The van der Waals surface area contributed by atoms with Gasteiger partial charge >= 0.3 is 0 Å². The van der Waals surface area contributed by atoms with Crippen LogP contribution in [-0.4, -0.2) is 49.4 Å². The number of carbonyl (C=O) groups excluding carboxylic acids is 2. The van der Waals surface area contributed by atoms with Crippen LogP contribution in [0.5, 0.6) is 0 Å². The molecule has 5 nitrogen and oxygen atoms in total. The van der Waals surface area contributed by atoms with Crippen molar-refractivity contribution in [2.75, 3.05) is 32.7 Å². The van der Waals surface area contributed by atoms with Crippen molar-refractivity contribution in [3.63, 3.8) is 0 Å². The van der Waals surface area contributed by atoms with Crippen LogP contribution in [0.3, 0.4) is 0 Å². The normalized spacial score (nSPS) is 20.6. The van der Waals surface area contributed by atoms with Gasteiger partial charge < -0.3 is 15.5 Å². The highest BCUT2D eigenvalue weighted by Crippen LogP contribution is 2.15. The van der Waals surface area contributed by atoms with Gasteiger partial charge in [-0.1, -0.05) is 12.1 Å². The fourth-order valence-electron chi connectivity index (χ4n) is 3.53. The van der Waals surface area contributed by atoms with E-state index in [4.69, 9.17) is 0 Å². The lowest BCUT2D eigenvalue weighted by Crippen LogP contribution is -2.30. The highest BCUT2D eigenvalue weighted by Gasteiger charge is 2.19. The number of nitrogens with one attached hydrogen (secondary N) is 2. The highest BCUT2D eigenvalue weighted by atomic mass is 16.2. The van der Waals surface area contributed by atoms with Crippen LogP contribution in [0.25, 0.3) is 0 Å². The summed E-state index contributed by atoms with van der Waals surface area (Å²) in [5.41, 5.74) is 2.01. The number of nitrogens with zero attached hydrogens (tertiary/aromatic N) is 1. The first-order valence-electron chi connectivity index (χ1n) is 9.08. The van der Waals surface area contributed by atoms with Crippen molar-refractivity contribution in [1.29, 1.82) is 0 Å². The van der Waals surface area contributed by atoms with Crippen molar-refractivity contribution in [2.24, 2.45) is 5.92 Å². The zero-order chi connectivity index (χ0) is 16.8. The molecule has 1 aromatic rings. The van der Waals surface area contributed by atoms with Crippen LogP contribution in [0.1, 0.15) is 41.6 Å². The molecule has 24 heavy (non-hydrogen) atoms. The Kier molecular flexibility index (Phi) is 5.86. The lowest BCUT2D eigenvalue weighted by molar-refractivity contribution is -0.127. The summed E-state index contributed by atoms with van der Waals surface area (Å²) in [7, 11) is 0. The van der Waals surface area contributed by atoms with E-state index in [1.54, 1.807) is 0 Å². The number of hydrogen-bond acceptors (Lipinski definition) is 3. The summed E-state index contributed by atoms with van der Waals surface area (Å²) in [5.74, 6) is 0.934. The molecule has 0 aromatic heterocycles. The van der Waals surface area contributed by atoms with Crippen molar-refractivity contribution in [2.45, 2.75) is 32.1 Å². The van der Waals surface area contributed by atoms with Gasteiger partial charge in [-0.05, 0) is 62.4 Å².